The molecule has 0 fully saturated rings. The maximum absolute atomic E-state index is 11.5. The molecule has 2 aromatic carbocycles. The van der Waals surface area contributed by atoms with Gasteiger partial charge in [-0.3, -0.25) is 10.1 Å². The molecule has 0 saturated carbocycles. The van der Waals surface area contributed by atoms with Gasteiger partial charge in [-0.25, -0.2) is 0 Å². The zero-order valence-electron chi connectivity index (χ0n) is 12.4. The van der Waals surface area contributed by atoms with Crippen LogP contribution in [0.1, 0.15) is 31.0 Å². The molecule has 110 valence electrons. The Morgan fingerprint density at radius 1 is 0.905 bits per heavy atom. The smallest absolute Gasteiger partial charge is 0.320 e. The number of nitrogens with one attached hydrogen (secondary N) is 1. The van der Waals surface area contributed by atoms with E-state index in [4.69, 9.17) is 0 Å². The van der Waals surface area contributed by atoms with E-state index < -0.39 is 12.0 Å². The van der Waals surface area contributed by atoms with Gasteiger partial charge >= 0.3 is 5.97 Å². The van der Waals surface area contributed by atoms with Crippen molar-refractivity contribution in [3.8, 4) is 0 Å². The largest absolute Gasteiger partial charge is 0.480 e. The molecule has 2 aromatic rings. The third-order valence-corrected chi connectivity index (χ3v) is 3.54. The van der Waals surface area contributed by atoms with Gasteiger partial charge in [0, 0.05) is 0 Å². The maximum Gasteiger partial charge on any atom is 0.320 e. The van der Waals surface area contributed by atoms with Crippen LogP contribution < -0.4 is 5.32 Å². The van der Waals surface area contributed by atoms with Gasteiger partial charge in [0.2, 0.25) is 0 Å². The molecule has 3 heteroatoms. The van der Waals surface area contributed by atoms with Crippen LogP contribution in [-0.4, -0.2) is 17.1 Å². The standard InChI is InChI=1S/C18H21NO2/c1-13(2)16(18(20)21)19-17(14-9-5-3-6-10-14)15-11-7-4-8-12-15/h3-13,16-17,19H,1-2H3,(H,20,21). The van der Waals surface area contributed by atoms with Crippen molar-refractivity contribution in [1.29, 1.82) is 0 Å². The van der Waals surface area contributed by atoms with E-state index in [0.717, 1.165) is 11.1 Å². The summed E-state index contributed by atoms with van der Waals surface area (Å²) < 4.78 is 0. The average Bonchev–Trinajstić information content (AvgIpc) is 2.49. The second-order valence-electron chi connectivity index (χ2n) is 5.48. The van der Waals surface area contributed by atoms with Crippen molar-refractivity contribution in [1.82, 2.24) is 5.32 Å². The summed E-state index contributed by atoms with van der Waals surface area (Å²) in [5.74, 6) is -0.806. The van der Waals surface area contributed by atoms with Crippen LogP contribution in [0.5, 0.6) is 0 Å². The Labute approximate surface area is 125 Å². The van der Waals surface area contributed by atoms with Crippen molar-refractivity contribution in [2.45, 2.75) is 25.9 Å². The van der Waals surface area contributed by atoms with Gasteiger partial charge in [-0.2, -0.15) is 0 Å². The lowest BCUT2D eigenvalue weighted by Gasteiger charge is -2.26. The lowest BCUT2D eigenvalue weighted by molar-refractivity contribution is -0.140. The molecule has 0 aliphatic heterocycles. The van der Waals surface area contributed by atoms with Gasteiger partial charge in [-0.05, 0) is 17.0 Å². The molecule has 2 N–H and O–H groups in total. The van der Waals surface area contributed by atoms with Crippen molar-refractivity contribution >= 4 is 5.97 Å². The lowest BCUT2D eigenvalue weighted by atomic mass is 9.95. The Morgan fingerprint density at radius 3 is 1.67 bits per heavy atom. The van der Waals surface area contributed by atoms with Gasteiger partial charge in [-0.15, -0.1) is 0 Å². The van der Waals surface area contributed by atoms with E-state index in [9.17, 15) is 9.90 Å². The quantitative estimate of drug-likeness (QED) is 0.853. The minimum atomic E-state index is -0.818. The van der Waals surface area contributed by atoms with Crippen LogP contribution in [0.15, 0.2) is 60.7 Å². The first kappa shape index (κ1) is 15.3. The fraction of sp³-hybridized carbons (Fsp3) is 0.278. The first-order chi connectivity index (χ1) is 10.1. The zero-order valence-corrected chi connectivity index (χ0v) is 12.4. The molecule has 0 aliphatic rings. The Bertz CT molecular complexity index is 527. The molecule has 1 atom stereocenters. The van der Waals surface area contributed by atoms with Crippen molar-refractivity contribution in [2.75, 3.05) is 0 Å². The molecule has 1 unspecified atom stereocenters. The highest BCUT2D eigenvalue weighted by atomic mass is 16.4. The Kier molecular flexibility index (Phi) is 5.12. The van der Waals surface area contributed by atoms with E-state index in [1.54, 1.807) is 0 Å². The average molecular weight is 283 g/mol. The van der Waals surface area contributed by atoms with Gasteiger partial charge in [0.1, 0.15) is 6.04 Å². The second-order valence-corrected chi connectivity index (χ2v) is 5.48. The number of aliphatic carboxylic acids is 1. The van der Waals surface area contributed by atoms with Crippen LogP contribution in [0.3, 0.4) is 0 Å². The lowest BCUT2D eigenvalue weighted by Crippen LogP contribution is -2.43. The van der Waals surface area contributed by atoms with Gasteiger partial charge in [0.05, 0.1) is 6.04 Å². The Hall–Kier alpha value is -2.13. The van der Waals surface area contributed by atoms with E-state index in [2.05, 4.69) is 5.32 Å². The SMILES string of the molecule is CC(C)C(NC(c1ccccc1)c1ccccc1)C(=O)O. The predicted octanol–water partition coefficient (Wildman–Crippen LogP) is 3.47. The van der Waals surface area contributed by atoms with E-state index in [0.29, 0.717) is 0 Å². The number of hydrogen-bond donors (Lipinski definition) is 2. The van der Waals surface area contributed by atoms with Crippen molar-refractivity contribution < 1.29 is 9.90 Å². The number of carbonyl (C=O) groups is 1. The van der Waals surface area contributed by atoms with Gasteiger partial charge < -0.3 is 5.11 Å². The summed E-state index contributed by atoms with van der Waals surface area (Å²) >= 11 is 0. The molecular formula is C18H21NO2. The van der Waals surface area contributed by atoms with E-state index in [1.807, 2.05) is 74.5 Å². The van der Waals surface area contributed by atoms with Crippen LogP contribution >= 0.6 is 0 Å². The minimum absolute atomic E-state index is 0.0115. The van der Waals surface area contributed by atoms with Gasteiger partial charge in [0.25, 0.3) is 0 Å². The monoisotopic (exact) mass is 283 g/mol. The molecular weight excluding hydrogens is 262 g/mol. The van der Waals surface area contributed by atoms with E-state index >= 15 is 0 Å². The third-order valence-electron chi connectivity index (χ3n) is 3.54. The first-order valence-corrected chi connectivity index (χ1v) is 7.18. The van der Waals surface area contributed by atoms with E-state index in [1.165, 1.54) is 0 Å². The van der Waals surface area contributed by atoms with E-state index in [-0.39, 0.29) is 12.0 Å². The molecule has 2 rings (SSSR count). The molecule has 0 spiro atoms. The highest BCUT2D eigenvalue weighted by Crippen LogP contribution is 2.23. The first-order valence-electron chi connectivity index (χ1n) is 7.18. The molecule has 0 radical (unpaired) electrons. The number of carboxylic acids is 1. The van der Waals surface area contributed by atoms with Crippen LogP contribution in [0, 0.1) is 5.92 Å². The summed E-state index contributed by atoms with van der Waals surface area (Å²) in [6, 6.07) is 19.2. The molecule has 0 aromatic heterocycles. The van der Waals surface area contributed by atoms with Crippen LogP contribution in [0.25, 0.3) is 0 Å². The normalized spacial score (nSPS) is 12.6. The number of benzene rings is 2. The second kappa shape index (κ2) is 7.04. The van der Waals surface area contributed by atoms with Gasteiger partial charge in [0.15, 0.2) is 0 Å². The van der Waals surface area contributed by atoms with Crippen molar-refractivity contribution in [2.24, 2.45) is 5.92 Å². The highest BCUT2D eigenvalue weighted by Gasteiger charge is 2.26. The number of carboxylic acid groups (broad SMARTS) is 1. The fourth-order valence-corrected chi connectivity index (χ4v) is 2.40. The zero-order chi connectivity index (χ0) is 15.2. The summed E-state index contributed by atoms with van der Waals surface area (Å²) in [7, 11) is 0. The fourth-order valence-electron chi connectivity index (χ4n) is 2.40. The molecule has 21 heavy (non-hydrogen) atoms. The minimum Gasteiger partial charge on any atom is -0.480 e. The molecule has 0 amide bonds. The predicted molar refractivity (Wildman–Crippen MR) is 84.1 cm³/mol. The molecule has 0 bridgehead atoms. The summed E-state index contributed by atoms with van der Waals surface area (Å²) in [5.41, 5.74) is 2.13. The van der Waals surface area contributed by atoms with Crippen LogP contribution in [0.4, 0.5) is 0 Å². The molecule has 3 nitrogen and oxygen atoms in total. The molecule has 0 saturated heterocycles. The van der Waals surface area contributed by atoms with Crippen LogP contribution in [-0.2, 0) is 4.79 Å². The summed E-state index contributed by atoms with van der Waals surface area (Å²) in [4.78, 5) is 11.5. The maximum atomic E-state index is 11.5. The number of rotatable bonds is 6. The summed E-state index contributed by atoms with van der Waals surface area (Å²) in [5, 5.41) is 12.7. The Balaban J connectivity index is 2.35. The van der Waals surface area contributed by atoms with Crippen LogP contribution in [0.2, 0.25) is 0 Å². The molecule has 0 aliphatic carbocycles. The third kappa shape index (κ3) is 3.92. The summed E-state index contributed by atoms with van der Waals surface area (Å²) in [6.07, 6.45) is 0. The highest BCUT2D eigenvalue weighted by molar-refractivity contribution is 5.74. The molecule has 0 heterocycles. The van der Waals surface area contributed by atoms with Gasteiger partial charge in [-0.1, -0.05) is 74.5 Å². The Morgan fingerprint density at radius 2 is 1.33 bits per heavy atom. The summed E-state index contributed by atoms with van der Waals surface area (Å²) in [6.45, 7) is 3.83. The number of hydrogen-bond acceptors (Lipinski definition) is 2. The topological polar surface area (TPSA) is 49.3 Å². The van der Waals surface area contributed by atoms with Crippen molar-refractivity contribution in [3.05, 3.63) is 71.8 Å². The van der Waals surface area contributed by atoms with Crippen molar-refractivity contribution in [3.63, 3.8) is 0 Å².